The minimum Gasteiger partial charge on any atom is -0.508 e. The standard InChI is InChI=1S/C24H26O4/c1-15(2)5-4-6-16(3)7-10-20-21(26)11-18(12-22(20)27)23-13-17-8-9-19(25)14-24(17)28-23/h5,7-9,11-14,25-27H,4,6,10H2,1-3H3/b16-7+. The Hall–Kier alpha value is -3.14. The first-order chi connectivity index (χ1) is 13.3. The number of phenolic OH excluding ortho intramolecular Hbond substituents is 3. The summed E-state index contributed by atoms with van der Waals surface area (Å²) in [6.07, 6.45) is 6.65. The molecule has 0 aliphatic rings. The molecule has 0 aliphatic heterocycles. The molecule has 2 aromatic carbocycles. The molecular formula is C24H26O4. The Morgan fingerprint density at radius 3 is 2.32 bits per heavy atom. The van der Waals surface area contributed by atoms with E-state index in [-0.39, 0.29) is 17.2 Å². The average Bonchev–Trinajstić information content (AvgIpc) is 3.03. The Morgan fingerprint density at radius 2 is 1.64 bits per heavy atom. The second kappa shape index (κ2) is 8.26. The van der Waals surface area contributed by atoms with Crippen LogP contribution in [0.1, 0.15) is 39.2 Å². The molecule has 0 fully saturated rings. The fourth-order valence-corrected chi connectivity index (χ4v) is 3.12. The number of fused-ring (bicyclic) bond motifs is 1. The molecule has 146 valence electrons. The van der Waals surface area contributed by atoms with E-state index in [1.165, 1.54) is 17.2 Å². The van der Waals surface area contributed by atoms with Crippen LogP contribution in [0.3, 0.4) is 0 Å². The van der Waals surface area contributed by atoms with Gasteiger partial charge in [0.05, 0.1) is 0 Å². The fourth-order valence-electron chi connectivity index (χ4n) is 3.12. The zero-order chi connectivity index (χ0) is 20.3. The van der Waals surface area contributed by atoms with E-state index in [9.17, 15) is 15.3 Å². The van der Waals surface area contributed by atoms with Crippen molar-refractivity contribution < 1.29 is 19.7 Å². The summed E-state index contributed by atoms with van der Waals surface area (Å²) in [5.41, 5.74) is 4.16. The van der Waals surface area contributed by atoms with Gasteiger partial charge in [-0.1, -0.05) is 23.3 Å². The normalized spacial score (nSPS) is 11.8. The van der Waals surface area contributed by atoms with Crippen molar-refractivity contribution in [3.05, 3.63) is 65.3 Å². The van der Waals surface area contributed by atoms with Crippen molar-refractivity contribution in [1.82, 2.24) is 0 Å². The van der Waals surface area contributed by atoms with E-state index in [1.54, 1.807) is 24.3 Å². The van der Waals surface area contributed by atoms with Gasteiger partial charge in [0.1, 0.15) is 28.6 Å². The van der Waals surface area contributed by atoms with E-state index in [2.05, 4.69) is 26.8 Å². The highest BCUT2D eigenvalue weighted by molar-refractivity contribution is 5.84. The van der Waals surface area contributed by atoms with Crippen LogP contribution in [0.15, 0.2) is 64.1 Å². The quantitative estimate of drug-likeness (QED) is 0.431. The SMILES string of the molecule is CC(C)=CCC/C(C)=C/Cc1c(O)cc(-c2cc3ccc(O)cc3o2)cc1O. The molecule has 0 unspecified atom stereocenters. The summed E-state index contributed by atoms with van der Waals surface area (Å²) in [6, 6.07) is 9.89. The van der Waals surface area contributed by atoms with E-state index < -0.39 is 0 Å². The molecule has 1 aromatic heterocycles. The first kappa shape index (κ1) is 19.6. The second-order valence-electron chi connectivity index (χ2n) is 7.40. The van der Waals surface area contributed by atoms with Crippen molar-refractivity contribution in [2.45, 2.75) is 40.0 Å². The van der Waals surface area contributed by atoms with Gasteiger partial charge in [0.25, 0.3) is 0 Å². The van der Waals surface area contributed by atoms with E-state index in [0.717, 1.165) is 18.2 Å². The largest absolute Gasteiger partial charge is 0.508 e. The third-order valence-electron chi connectivity index (χ3n) is 4.74. The summed E-state index contributed by atoms with van der Waals surface area (Å²) in [5, 5.41) is 31.3. The maximum absolute atomic E-state index is 10.4. The van der Waals surface area contributed by atoms with Gasteiger partial charge in [0.2, 0.25) is 0 Å². The lowest BCUT2D eigenvalue weighted by molar-refractivity contribution is 0.441. The molecule has 0 saturated heterocycles. The van der Waals surface area contributed by atoms with Crippen LogP contribution in [0, 0.1) is 0 Å². The Bertz CT molecular complexity index is 1030. The molecule has 4 nitrogen and oxygen atoms in total. The first-order valence-corrected chi connectivity index (χ1v) is 9.40. The van der Waals surface area contributed by atoms with Gasteiger partial charge in [0, 0.05) is 22.6 Å². The van der Waals surface area contributed by atoms with Crippen molar-refractivity contribution in [3.8, 4) is 28.6 Å². The molecule has 3 aromatic rings. The minimum absolute atomic E-state index is 0.0339. The van der Waals surface area contributed by atoms with Crippen LogP contribution in [-0.2, 0) is 6.42 Å². The first-order valence-electron chi connectivity index (χ1n) is 9.40. The van der Waals surface area contributed by atoms with Crippen LogP contribution in [0.2, 0.25) is 0 Å². The average molecular weight is 378 g/mol. The monoisotopic (exact) mass is 378 g/mol. The van der Waals surface area contributed by atoms with Gasteiger partial charge in [-0.25, -0.2) is 0 Å². The van der Waals surface area contributed by atoms with E-state index >= 15 is 0 Å². The predicted molar refractivity (Wildman–Crippen MR) is 113 cm³/mol. The number of rotatable bonds is 6. The van der Waals surface area contributed by atoms with E-state index in [0.29, 0.717) is 28.9 Å². The molecule has 4 heteroatoms. The third kappa shape index (κ3) is 4.58. The molecule has 0 saturated carbocycles. The lowest BCUT2D eigenvalue weighted by Gasteiger charge is -2.08. The molecule has 0 bridgehead atoms. The maximum atomic E-state index is 10.4. The van der Waals surface area contributed by atoms with Crippen molar-refractivity contribution in [2.24, 2.45) is 0 Å². The van der Waals surface area contributed by atoms with Crippen molar-refractivity contribution in [2.75, 3.05) is 0 Å². The van der Waals surface area contributed by atoms with E-state index in [4.69, 9.17) is 4.42 Å². The van der Waals surface area contributed by atoms with Gasteiger partial charge in [0.15, 0.2) is 0 Å². The molecule has 0 spiro atoms. The smallest absolute Gasteiger partial charge is 0.138 e. The third-order valence-corrected chi connectivity index (χ3v) is 4.74. The molecule has 28 heavy (non-hydrogen) atoms. The highest BCUT2D eigenvalue weighted by Crippen LogP contribution is 2.37. The summed E-state index contributed by atoms with van der Waals surface area (Å²) in [5.74, 6) is 0.714. The van der Waals surface area contributed by atoms with Crippen LogP contribution in [0.5, 0.6) is 17.2 Å². The lowest BCUT2D eigenvalue weighted by atomic mass is 10.0. The number of hydrogen-bond donors (Lipinski definition) is 3. The van der Waals surface area contributed by atoms with Crippen molar-refractivity contribution in [1.29, 1.82) is 0 Å². The topological polar surface area (TPSA) is 73.8 Å². The molecule has 0 radical (unpaired) electrons. The molecule has 0 atom stereocenters. The lowest BCUT2D eigenvalue weighted by Crippen LogP contribution is -1.88. The van der Waals surface area contributed by atoms with Crippen molar-refractivity contribution >= 4 is 11.0 Å². The van der Waals surface area contributed by atoms with Crippen LogP contribution in [-0.4, -0.2) is 15.3 Å². The van der Waals surface area contributed by atoms with Crippen LogP contribution in [0.4, 0.5) is 0 Å². The number of aromatic hydroxyl groups is 3. The highest BCUT2D eigenvalue weighted by atomic mass is 16.3. The van der Waals surface area contributed by atoms with Gasteiger partial charge in [-0.2, -0.15) is 0 Å². The summed E-state index contributed by atoms with van der Waals surface area (Å²) >= 11 is 0. The number of hydrogen-bond acceptors (Lipinski definition) is 4. The van der Waals surface area contributed by atoms with Crippen molar-refractivity contribution in [3.63, 3.8) is 0 Å². The summed E-state index contributed by atoms with van der Waals surface area (Å²) in [7, 11) is 0. The molecule has 0 amide bonds. The Morgan fingerprint density at radius 1 is 0.929 bits per heavy atom. The Kier molecular flexibility index (Phi) is 5.78. The maximum Gasteiger partial charge on any atom is 0.138 e. The zero-order valence-corrected chi connectivity index (χ0v) is 16.5. The number of phenols is 3. The summed E-state index contributed by atoms with van der Waals surface area (Å²) < 4.78 is 5.75. The molecule has 1 heterocycles. The summed E-state index contributed by atoms with van der Waals surface area (Å²) in [6.45, 7) is 6.23. The molecule has 3 N–H and O–H groups in total. The second-order valence-corrected chi connectivity index (χ2v) is 7.40. The van der Waals surface area contributed by atoms with Crippen LogP contribution < -0.4 is 0 Å². The highest BCUT2D eigenvalue weighted by Gasteiger charge is 2.13. The number of allylic oxidation sites excluding steroid dienone is 4. The molecule has 3 rings (SSSR count). The Balaban J connectivity index is 1.81. The van der Waals surface area contributed by atoms with Gasteiger partial charge in [-0.15, -0.1) is 0 Å². The van der Waals surface area contributed by atoms with Crippen LogP contribution in [0.25, 0.3) is 22.3 Å². The van der Waals surface area contributed by atoms with Gasteiger partial charge < -0.3 is 19.7 Å². The van der Waals surface area contributed by atoms with Gasteiger partial charge in [-0.3, -0.25) is 0 Å². The number of furan rings is 1. The van der Waals surface area contributed by atoms with Gasteiger partial charge >= 0.3 is 0 Å². The number of benzene rings is 2. The van der Waals surface area contributed by atoms with Gasteiger partial charge in [-0.05, 0) is 70.4 Å². The zero-order valence-electron chi connectivity index (χ0n) is 16.5. The fraction of sp³-hybridized carbons (Fsp3) is 0.250. The molecule has 0 aliphatic carbocycles. The summed E-state index contributed by atoms with van der Waals surface area (Å²) in [4.78, 5) is 0. The predicted octanol–water partition coefficient (Wildman–Crippen LogP) is 6.45. The molecular weight excluding hydrogens is 352 g/mol. The van der Waals surface area contributed by atoms with Crippen LogP contribution >= 0.6 is 0 Å². The minimum atomic E-state index is 0.0339. The Labute approximate surface area is 165 Å². The van der Waals surface area contributed by atoms with E-state index in [1.807, 2.05) is 12.1 Å².